The summed E-state index contributed by atoms with van der Waals surface area (Å²) in [5.74, 6) is 0.910. The van der Waals surface area contributed by atoms with Crippen LogP contribution in [0.3, 0.4) is 0 Å². The van der Waals surface area contributed by atoms with E-state index in [1.54, 1.807) is 35.8 Å². The Morgan fingerprint density at radius 3 is 2.68 bits per heavy atom. The second kappa shape index (κ2) is 7.19. The Balaban J connectivity index is 1.90. The minimum Gasteiger partial charge on any atom is -0.410 e. The van der Waals surface area contributed by atoms with Gasteiger partial charge in [-0.15, -0.1) is 11.3 Å². The van der Waals surface area contributed by atoms with Gasteiger partial charge in [0.15, 0.2) is 0 Å². The number of hydrogen-bond donors (Lipinski definition) is 1. The second-order valence-corrected chi connectivity index (χ2v) is 8.55. The number of carbonyl (C=O) groups is 1. The van der Waals surface area contributed by atoms with Crippen molar-refractivity contribution in [1.29, 1.82) is 0 Å². The maximum atomic E-state index is 12.7. The van der Waals surface area contributed by atoms with Gasteiger partial charge in [-0.25, -0.2) is 14.8 Å². The van der Waals surface area contributed by atoms with E-state index in [1.807, 2.05) is 19.9 Å². The number of anilines is 1. The van der Waals surface area contributed by atoms with Gasteiger partial charge in [0, 0.05) is 16.3 Å². The average Bonchev–Trinajstić information content (AvgIpc) is 3.01. The van der Waals surface area contributed by atoms with Gasteiger partial charge in [-0.05, 0) is 50.2 Å². The first-order valence-electron chi connectivity index (χ1n) is 7.49. The first-order valence-corrected chi connectivity index (χ1v) is 9.20. The summed E-state index contributed by atoms with van der Waals surface area (Å²) >= 11 is 11.8. The molecular formula is C17H16ClN3O2S2. The summed E-state index contributed by atoms with van der Waals surface area (Å²) in [5, 5.41) is 0.575. The second-order valence-electron chi connectivity index (χ2n) is 6.07. The molecule has 0 fully saturated rings. The van der Waals surface area contributed by atoms with Gasteiger partial charge in [-0.3, -0.25) is 4.90 Å². The molecule has 0 N–H and O–H groups in total. The molecule has 1 amide bonds. The molecular weight excluding hydrogens is 378 g/mol. The molecule has 1 aromatic carbocycles. The molecule has 0 bridgehead atoms. The Kier molecular flexibility index (Phi) is 5.17. The first-order chi connectivity index (χ1) is 11.8. The van der Waals surface area contributed by atoms with Crippen LogP contribution in [0.2, 0.25) is 5.02 Å². The fourth-order valence-electron chi connectivity index (χ4n) is 2.18. The number of hydrogen-bond acceptors (Lipinski definition) is 6. The van der Waals surface area contributed by atoms with Crippen molar-refractivity contribution in [3.63, 3.8) is 0 Å². The molecule has 0 atom stereocenters. The number of pyridine rings is 1. The Morgan fingerprint density at radius 2 is 2.00 bits per heavy atom. The van der Waals surface area contributed by atoms with Crippen LogP contribution in [0.4, 0.5) is 10.6 Å². The lowest BCUT2D eigenvalue weighted by Crippen LogP contribution is -2.42. The topological polar surface area (TPSA) is 55.3 Å². The lowest BCUT2D eigenvalue weighted by atomic mass is 10.2. The van der Waals surface area contributed by atoms with E-state index in [0.717, 1.165) is 10.3 Å². The third-order valence-electron chi connectivity index (χ3n) is 3.24. The highest BCUT2D eigenvalue weighted by Gasteiger charge is 2.26. The van der Waals surface area contributed by atoms with Crippen LogP contribution in [0, 0.1) is 0 Å². The zero-order valence-electron chi connectivity index (χ0n) is 13.6. The predicted molar refractivity (Wildman–Crippen MR) is 105 cm³/mol. The van der Waals surface area contributed by atoms with Gasteiger partial charge < -0.3 is 4.74 Å². The summed E-state index contributed by atoms with van der Waals surface area (Å²) in [4.78, 5) is 23.7. The zero-order valence-corrected chi connectivity index (χ0v) is 16.1. The molecule has 0 saturated heterocycles. The molecule has 5 nitrogen and oxygen atoms in total. The maximum Gasteiger partial charge on any atom is 0.420 e. The number of ether oxygens (including phenoxy) is 1. The van der Waals surface area contributed by atoms with Crippen molar-refractivity contribution in [3.05, 3.63) is 46.9 Å². The molecule has 0 radical (unpaired) electrons. The summed E-state index contributed by atoms with van der Waals surface area (Å²) in [6.45, 7) is 4.17. The number of carbonyl (C=O) groups excluding carboxylic acids is 1. The van der Waals surface area contributed by atoms with Crippen LogP contribution in [0.1, 0.15) is 13.8 Å². The number of fused-ring (bicyclic) bond motifs is 1. The van der Waals surface area contributed by atoms with Gasteiger partial charge in [-0.2, -0.15) is 12.6 Å². The summed E-state index contributed by atoms with van der Waals surface area (Å²) in [7, 11) is 0. The van der Waals surface area contributed by atoms with Crippen LogP contribution in [-0.2, 0) is 0 Å². The monoisotopic (exact) mass is 393 g/mol. The number of amides is 1. The van der Waals surface area contributed by atoms with E-state index in [0.29, 0.717) is 23.1 Å². The molecule has 25 heavy (non-hydrogen) atoms. The van der Waals surface area contributed by atoms with E-state index in [4.69, 9.17) is 16.3 Å². The van der Waals surface area contributed by atoms with Crippen molar-refractivity contribution in [2.75, 3.05) is 11.4 Å². The summed E-state index contributed by atoms with van der Waals surface area (Å²) in [5.41, 5.74) is 2.52. The van der Waals surface area contributed by atoms with Crippen LogP contribution in [0.15, 0.2) is 41.9 Å². The molecule has 0 aliphatic rings. The van der Waals surface area contributed by atoms with Crippen molar-refractivity contribution in [2.45, 2.75) is 18.6 Å². The molecule has 0 aliphatic heterocycles. The van der Waals surface area contributed by atoms with Crippen LogP contribution in [0.5, 0.6) is 5.75 Å². The predicted octanol–water partition coefficient (Wildman–Crippen LogP) is 5.06. The third kappa shape index (κ3) is 4.62. The Labute approximate surface area is 160 Å². The number of halogens is 1. The van der Waals surface area contributed by atoms with Gasteiger partial charge in [-0.1, -0.05) is 11.6 Å². The molecule has 130 valence electrons. The molecule has 0 spiro atoms. The number of aromatic nitrogens is 2. The fourth-order valence-corrected chi connectivity index (χ4v) is 3.10. The van der Waals surface area contributed by atoms with Crippen molar-refractivity contribution in [2.24, 2.45) is 0 Å². The quantitative estimate of drug-likeness (QED) is 0.629. The highest BCUT2D eigenvalue weighted by Crippen LogP contribution is 2.25. The highest BCUT2D eigenvalue weighted by atomic mass is 35.5. The molecule has 0 aliphatic carbocycles. The molecule has 0 saturated carbocycles. The molecule has 2 heterocycles. The summed E-state index contributed by atoms with van der Waals surface area (Å²) < 4.78 is 5.04. The number of benzene rings is 1. The molecule has 0 unspecified atom stereocenters. The van der Waals surface area contributed by atoms with Crippen molar-refractivity contribution in [1.82, 2.24) is 9.97 Å². The van der Waals surface area contributed by atoms with E-state index in [9.17, 15) is 4.79 Å². The van der Waals surface area contributed by atoms with Gasteiger partial charge in [0.1, 0.15) is 21.9 Å². The Morgan fingerprint density at radius 1 is 1.28 bits per heavy atom. The van der Waals surface area contributed by atoms with Gasteiger partial charge >= 0.3 is 6.09 Å². The smallest absolute Gasteiger partial charge is 0.410 e. The number of thiol groups is 1. The normalized spacial score (nSPS) is 11.5. The van der Waals surface area contributed by atoms with E-state index in [2.05, 4.69) is 22.6 Å². The standard InChI is InChI=1S/C17H16ClN3O2S2/c1-17(2,24)9-21(14-8-7-13-15(20-14)25-10-19-13)16(22)23-12-5-3-11(18)4-6-12/h3-8,10,24H,9H2,1-2H3. The van der Waals surface area contributed by atoms with Gasteiger partial charge in [0.05, 0.1) is 5.51 Å². The Hall–Kier alpha value is -1.83. The SMILES string of the molecule is CC(C)(S)CN(C(=O)Oc1ccc(Cl)cc1)c1ccc2ncsc2n1. The minimum atomic E-state index is -0.527. The van der Waals surface area contributed by atoms with Crippen LogP contribution >= 0.6 is 35.6 Å². The van der Waals surface area contributed by atoms with Crippen molar-refractivity contribution >= 4 is 57.8 Å². The fraction of sp³-hybridized carbons (Fsp3) is 0.235. The van der Waals surface area contributed by atoms with E-state index >= 15 is 0 Å². The minimum absolute atomic E-state index is 0.333. The number of rotatable bonds is 4. The summed E-state index contributed by atoms with van der Waals surface area (Å²) in [6, 6.07) is 10.2. The maximum absolute atomic E-state index is 12.7. The third-order valence-corrected chi connectivity index (χ3v) is 4.37. The molecule has 3 rings (SSSR count). The number of thiazole rings is 1. The van der Waals surface area contributed by atoms with Crippen LogP contribution < -0.4 is 9.64 Å². The highest BCUT2D eigenvalue weighted by molar-refractivity contribution is 7.81. The van der Waals surface area contributed by atoms with E-state index < -0.39 is 10.8 Å². The lowest BCUT2D eigenvalue weighted by Gasteiger charge is -2.27. The van der Waals surface area contributed by atoms with Crippen LogP contribution in [0.25, 0.3) is 10.3 Å². The summed E-state index contributed by atoms with van der Waals surface area (Å²) in [6.07, 6.45) is -0.527. The largest absolute Gasteiger partial charge is 0.420 e. The number of nitrogens with zero attached hydrogens (tertiary/aromatic N) is 3. The molecule has 8 heteroatoms. The van der Waals surface area contributed by atoms with Crippen molar-refractivity contribution < 1.29 is 9.53 Å². The zero-order chi connectivity index (χ0) is 18.0. The van der Waals surface area contributed by atoms with Crippen molar-refractivity contribution in [3.8, 4) is 5.75 Å². The van der Waals surface area contributed by atoms with Gasteiger partial charge in [0.25, 0.3) is 0 Å². The lowest BCUT2D eigenvalue weighted by molar-refractivity contribution is 0.207. The average molecular weight is 394 g/mol. The van der Waals surface area contributed by atoms with E-state index in [1.165, 1.54) is 16.2 Å². The molecule has 3 aromatic rings. The van der Waals surface area contributed by atoms with Gasteiger partial charge in [0.2, 0.25) is 0 Å². The Bertz CT molecular complexity index is 891. The molecule has 2 aromatic heterocycles. The van der Waals surface area contributed by atoms with Crippen LogP contribution in [-0.4, -0.2) is 27.4 Å². The van der Waals surface area contributed by atoms with E-state index in [-0.39, 0.29) is 0 Å². The first kappa shape index (κ1) is 18.0.